The zero-order chi connectivity index (χ0) is 23.8. The van der Waals surface area contributed by atoms with Crippen molar-refractivity contribution in [3.05, 3.63) is 0 Å². The van der Waals surface area contributed by atoms with E-state index < -0.39 is 12.2 Å². The van der Waals surface area contributed by atoms with Crippen molar-refractivity contribution in [3.8, 4) is 0 Å². The Balaban J connectivity index is 1.29. The summed E-state index contributed by atoms with van der Waals surface area (Å²) in [4.78, 5) is 4.59. The third-order valence-electron chi connectivity index (χ3n) is 9.08. The summed E-state index contributed by atoms with van der Waals surface area (Å²) in [5.74, 6) is 2.63. The number of hydrogen-bond acceptors (Lipinski definition) is 6. The fourth-order valence-corrected chi connectivity index (χ4v) is 6.61. The molecular weight excluding hydrogens is 416 g/mol. The van der Waals surface area contributed by atoms with Crippen molar-refractivity contribution < 1.29 is 19.7 Å². The minimum atomic E-state index is -0.424. The van der Waals surface area contributed by atoms with E-state index in [0.29, 0.717) is 37.8 Å². The van der Waals surface area contributed by atoms with Crippen LogP contribution in [0.25, 0.3) is 0 Å². The first kappa shape index (κ1) is 27.3. The lowest BCUT2D eigenvalue weighted by molar-refractivity contribution is -0.0553. The van der Waals surface area contributed by atoms with E-state index >= 15 is 0 Å². The van der Waals surface area contributed by atoms with Crippen LogP contribution in [0.4, 0.5) is 0 Å². The van der Waals surface area contributed by atoms with Crippen LogP contribution in [0, 0.1) is 23.2 Å². The number of nitrogens with zero attached hydrogens (tertiary/aromatic N) is 2. The lowest BCUT2D eigenvalue weighted by Crippen LogP contribution is -2.51. The van der Waals surface area contributed by atoms with Gasteiger partial charge in [-0.1, -0.05) is 33.6 Å². The number of piperazine rings is 1. The van der Waals surface area contributed by atoms with Crippen molar-refractivity contribution >= 4 is 0 Å². The summed E-state index contributed by atoms with van der Waals surface area (Å²) in [5.41, 5.74) is 0.451. The van der Waals surface area contributed by atoms with Crippen LogP contribution >= 0.6 is 0 Å². The van der Waals surface area contributed by atoms with Gasteiger partial charge in [-0.15, -0.1) is 0 Å². The number of hydrogen-bond donors (Lipinski definition) is 2. The molecule has 2 saturated carbocycles. The minimum absolute atomic E-state index is 0.317. The van der Waals surface area contributed by atoms with Crippen LogP contribution in [0.1, 0.15) is 72.1 Å². The Labute approximate surface area is 203 Å². The van der Waals surface area contributed by atoms with E-state index in [1.807, 2.05) is 0 Å². The molecule has 3 aliphatic rings. The van der Waals surface area contributed by atoms with Gasteiger partial charge in [0, 0.05) is 46.4 Å². The van der Waals surface area contributed by atoms with E-state index in [1.54, 1.807) is 7.11 Å². The van der Waals surface area contributed by atoms with E-state index in [4.69, 9.17) is 9.47 Å². The second-order valence-electron chi connectivity index (χ2n) is 11.9. The zero-order valence-electron chi connectivity index (χ0n) is 21.9. The monoisotopic (exact) mass is 468 g/mol. The molecular formula is C27H52N2O4. The molecule has 1 saturated heterocycles. The highest BCUT2D eigenvalue weighted by molar-refractivity contribution is 4.90. The molecule has 194 valence electrons. The number of rotatable bonds is 11. The van der Waals surface area contributed by atoms with Crippen LogP contribution < -0.4 is 0 Å². The number of methoxy groups -OCH3 is 1. The van der Waals surface area contributed by atoms with Gasteiger partial charge in [0.25, 0.3) is 0 Å². The van der Waals surface area contributed by atoms with Gasteiger partial charge < -0.3 is 19.7 Å². The SMILES string of the molecule is COCC(O)CN1CCN(CC(O)COC2CCC(C(C)(C)C3CCC(C)CC3)CC2)CC1. The fourth-order valence-electron chi connectivity index (χ4n) is 6.61. The molecule has 6 heteroatoms. The van der Waals surface area contributed by atoms with Gasteiger partial charge in [-0.25, -0.2) is 0 Å². The summed E-state index contributed by atoms with van der Waals surface area (Å²) >= 11 is 0. The van der Waals surface area contributed by atoms with Gasteiger partial charge in [0.2, 0.25) is 0 Å². The normalized spacial score (nSPS) is 32.5. The highest BCUT2D eigenvalue weighted by atomic mass is 16.5. The molecule has 2 N–H and O–H groups in total. The maximum atomic E-state index is 10.5. The standard InChI is InChI=1S/C27H52N2O4/c1-21-5-7-22(8-6-21)27(2,3)23-9-11-26(12-10-23)33-20-25(31)18-29-15-13-28(14-16-29)17-24(30)19-32-4/h21-26,30-31H,5-20H2,1-4H3. The smallest absolute Gasteiger partial charge is 0.0900 e. The quantitative estimate of drug-likeness (QED) is 0.485. The first-order valence-electron chi connectivity index (χ1n) is 13.7. The average Bonchev–Trinajstić information content (AvgIpc) is 2.80. The highest BCUT2D eigenvalue weighted by Crippen LogP contribution is 2.49. The molecule has 0 aromatic rings. The van der Waals surface area contributed by atoms with Gasteiger partial charge in [0.1, 0.15) is 0 Å². The topological polar surface area (TPSA) is 65.4 Å². The fraction of sp³-hybridized carbons (Fsp3) is 1.00. The molecule has 6 nitrogen and oxygen atoms in total. The number of β-amino-alcohol motifs (C(OH)–C–C–N with tert-alkyl or cyclic N) is 2. The van der Waals surface area contributed by atoms with Crippen LogP contribution in [0.3, 0.4) is 0 Å². The molecule has 2 atom stereocenters. The molecule has 1 aliphatic heterocycles. The first-order valence-corrected chi connectivity index (χ1v) is 13.7. The molecule has 3 fully saturated rings. The molecule has 0 spiro atoms. The zero-order valence-corrected chi connectivity index (χ0v) is 21.9. The van der Waals surface area contributed by atoms with Crippen LogP contribution in [-0.4, -0.2) is 97.9 Å². The van der Waals surface area contributed by atoms with Crippen molar-refractivity contribution in [1.82, 2.24) is 9.80 Å². The van der Waals surface area contributed by atoms with E-state index in [2.05, 4.69) is 30.6 Å². The second-order valence-corrected chi connectivity index (χ2v) is 11.9. The maximum Gasteiger partial charge on any atom is 0.0900 e. The summed E-state index contributed by atoms with van der Waals surface area (Å²) in [7, 11) is 1.62. The average molecular weight is 469 g/mol. The molecule has 0 amide bonds. The van der Waals surface area contributed by atoms with Crippen LogP contribution in [0.15, 0.2) is 0 Å². The molecule has 0 radical (unpaired) electrons. The van der Waals surface area contributed by atoms with Crippen molar-refractivity contribution in [2.75, 3.05) is 59.6 Å². The van der Waals surface area contributed by atoms with Gasteiger partial charge >= 0.3 is 0 Å². The van der Waals surface area contributed by atoms with E-state index in [0.717, 1.165) is 56.8 Å². The van der Waals surface area contributed by atoms with Crippen molar-refractivity contribution in [2.45, 2.75) is 90.4 Å². The second kappa shape index (κ2) is 13.2. The van der Waals surface area contributed by atoms with Gasteiger partial charge in [-0.3, -0.25) is 9.80 Å². The molecule has 0 aromatic carbocycles. The van der Waals surface area contributed by atoms with Crippen molar-refractivity contribution in [3.63, 3.8) is 0 Å². The Morgan fingerprint density at radius 1 is 0.758 bits per heavy atom. The maximum absolute atomic E-state index is 10.5. The Bertz CT molecular complexity index is 536. The van der Waals surface area contributed by atoms with Gasteiger partial charge in [-0.05, 0) is 61.7 Å². The molecule has 2 aliphatic carbocycles. The molecule has 33 heavy (non-hydrogen) atoms. The van der Waals surface area contributed by atoms with Gasteiger partial charge in [-0.2, -0.15) is 0 Å². The molecule has 0 bridgehead atoms. The highest BCUT2D eigenvalue weighted by Gasteiger charge is 2.40. The molecule has 1 heterocycles. The van der Waals surface area contributed by atoms with Crippen LogP contribution in [0.5, 0.6) is 0 Å². The number of aliphatic hydroxyl groups excluding tert-OH is 2. The largest absolute Gasteiger partial charge is 0.389 e. The number of ether oxygens (including phenoxy) is 2. The predicted octanol–water partition coefficient (Wildman–Crippen LogP) is 3.40. The van der Waals surface area contributed by atoms with Crippen LogP contribution in [-0.2, 0) is 9.47 Å². The summed E-state index contributed by atoms with van der Waals surface area (Å²) in [6.45, 7) is 13.3. The Morgan fingerprint density at radius 3 is 1.70 bits per heavy atom. The van der Waals surface area contributed by atoms with Crippen LogP contribution in [0.2, 0.25) is 0 Å². The first-order chi connectivity index (χ1) is 15.8. The van der Waals surface area contributed by atoms with Crippen molar-refractivity contribution in [1.29, 1.82) is 0 Å². The third-order valence-corrected chi connectivity index (χ3v) is 9.08. The van der Waals surface area contributed by atoms with Crippen molar-refractivity contribution in [2.24, 2.45) is 23.2 Å². The summed E-state index contributed by atoms with van der Waals surface area (Å²) in [6, 6.07) is 0. The Hall–Kier alpha value is -0.240. The lowest BCUT2D eigenvalue weighted by Gasteiger charge is -2.46. The predicted molar refractivity (Wildman–Crippen MR) is 133 cm³/mol. The van der Waals surface area contributed by atoms with Gasteiger partial charge in [0.05, 0.1) is 31.5 Å². The molecule has 0 aromatic heterocycles. The Morgan fingerprint density at radius 2 is 1.21 bits per heavy atom. The molecule has 2 unspecified atom stereocenters. The summed E-state index contributed by atoms with van der Waals surface area (Å²) < 4.78 is 11.2. The minimum Gasteiger partial charge on any atom is -0.389 e. The lowest BCUT2D eigenvalue weighted by atomic mass is 9.60. The number of aliphatic hydroxyl groups is 2. The van der Waals surface area contributed by atoms with E-state index in [-0.39, 0.29) is 0 Å². The third kappa shape index (κ3) is 8.43. The molecule has 3 rings (SSSR count). The van der Waals surface area contributed by atoms with E-state index in [1.165, 1.54) is 38.5 Å². The Kier molecular flexibility index (Phi) is 10.9. The van der Waals surface area contributed by atoms with Gasteiger partial charge in [0.15, 0.2) is 0 Å². The van der Waals surface area contributed by atoms with E-state index in [9.17, 15) is 10.2 Å². The summed E-state index contributed by atoms with van der Waals surface area (Å²) in [5, 5.41) is 20.5. The summed E-state index contributed by atoms with van der Waals surface area (Å²) in [6.07, 6.45) is 9.97.